The van der Waals surface area contributed by atoms with E-state index >= 15 is 0 Å². The Balaban J connectivity index is 1.74. The minimum Gasteiger partial charge on any atom is -0.353 e. The van der Waals surface area contributed by atoms with Crippen LogP contribution in [0.4, 0.5) is 0 Å². The van der Waals surface area contributed by atoms with Crippen LogP contribution >= 0.6 is 11.6 Å². The zero-order valence-corrected chi connectivity index (χ0v) is 12.1. The third-order valence-corrected chi connectivity index (χ3v) is 4.03. The number of halogens is 1. The van der Waals surface area contributed by atoms with Crippen molar-refractivity contribution in [3.8, 4) is 0 Å². The van der Waals surface area contributed by atoms with Gasteiger partial charge in [0, 0.05) is 17.5 Å². The number of amides is 1. The molecule has 1 saturated heterocycles. The Bertz CT molecular complexity index is 428. The van der Waals surface area contributed by atoms with Gasteiger partial charge < -0.3 is 10.2 Å². The highest BCUT2D eigenvalue weighted by Gasteiger charge is 2.18. The number of benzene rings is 1. The molecular weight excluding hydrogens is 260 g/mol. The van der Waals surface area contributed by atoms with Crippen molar-refractivity contribution in [1.82, 2.24) is 10.2 Å². The van der Waals surface area contributed by atoms with Gasteiger partial charge in [-0.1, -0.05) is 29.8 Å². The number of hydrogen-bond acceptors (Lipinski definition) is 2. The van der Waals surface area contributed by atoms with Crippen molar-refractivity contribution >= 4 is 17.5 Å². The first-order valence-corrected chi connectivity index (χ1v) is 7.24. The predicted octanol–water partition coefficient (Wildman–Crippen LogP) is 2.48. The van der Waals surface area contributed by atoms with Gasteiger partial charge in [-0.15, -0.1) is 0 Å². The molecule has 19 heavy (non-hydrogen) atoms. The van der Waals surface area contributed by atoms with Crippen LogP contribution in [0.3, 0.4) is 0 Å². The predicted molar refractivity (Wildman–Crippen MR) is 78.4 cm³/mol. The molecular formula is C15H21ClN2O. The summed E-state index contributed by atoms with van der Waals surface area (Å²) >= 11 is 6.08. The third-order valence-electron chi connectivity index (χ3n) is 3.66. The number of nitrogens with one attached hydrogen (secondary N) is 1. The molecule has 1 aromatic rings. The van der Waals surface area contributed by atoms with Crippen LogP contribution in [0.2, 0.25) is 5.02 Å². The van der Waals surface area contributed by atoms with E-state index in [9.17, 15) is 4.79 Å². The van der Waals surface area contributed by atoms with E-state index in [0.717, 1.165) is 36.5 Å². The van der Waals surface area contributed by atoms with Crippen molar-refractivity contribution in [2.24, 2.45) is 0 Å². The number of aryl methyl sites for hydroxylation is 1. The number of carbonyl (C=O) groups is 1. The molecule has 1 aromatic carbocycles. The molecule has 0 aliphatic carbocycles. The van der Waals surface area contributed by atoms with Gasteiger partial charge in [0.15, 0.2) is 0 Å². The lowest BCUT2D eigenvalue weighted by atomic mass is 10.0. The lowest BCUT2D eigenvalue weighted by Gasteiger charge is -2.29. The van der Waals surface area contributed by atoms with E-state index in [2.05, 4.69) is 17.3 Å². The topological polar surface area (TPSA) is 32.3 Å². The van der Waals surface area contributed by atoms with E-state index in [4.69, 9.17) is 11.6 Å². The van der Waals surface area contributed by atoms with Crippen LogP contribution in [-0.2, 0) is 11.2 Å². The molecule has 4 heteroatoms. The molecule has 3 nitrogen and oxygen atoms in total. The summed E-state index contributed by atoms with van der Waals surface area (Å²) in [6, 6.07) is 8.05. The SMILES string of the molecule is CN1CCC(NC(=O)CCc2ccccc2Cl)CC1. The van der Waals surface area contributed by atoms with Gasteiger partial charge in [-0.2, -0.15) is 0 Å². The molecule has 1 N–H and O–H groups in total. The van der Waals surface area contributed by atoms with E-state index < -0.39 is 0 Å². The Morgan fingerprint density at radius 3 is 2.74 bits per heavy atom. The van der Waals surface area contributed by atoms with Crippen LogP contribution in [0.5, 0.6) is 0 Å². The fraction of sp³-hybridized carbons (Fsp3) is 0.533. The fourth-order valence-electron chi connectivity index (χ4n) is 2.40. The molecule has 0 radical (unpaired) electrons. The van der Waals surface area contributed by atoms with Crippen LogP contribution in [0, 0.1) is 0 Å². The van der Waals surface area contributed by atoms with Crippen LogP contribution in [-0.4, -0.2) is 37.0 Å². The average molecular weight is 281 g/mol. The molecule has 0 atom stereocenters. The molecule has 2 rings (SSSR count). The molecule has 1 aliphatic heterocycles. The second kappa shape index (κ2) is 6.92. The number of piperidine rings is 1. The summed E-state index contributed by atoms with van der Waals surface area (Å²) in [5, 5.41) is 3.87. The van der Waals surface area contributed by atoms with Crippen molar-refractivity contribution in [2.75, 3.05) is 20.1 Å². The number of carbonyl (C=O) groups excluding carboxylic acids is 1. The monoisotopic (exact) mass is 280 g/mol. The first-order valence-electron chi connectivity index (χ1n) is 6.86. The number of nitrogens with zero attached hydrogens (tertiary/aromatic N) is 1. The van der Waals surface area contributed by atoms with E-state index in [-0.39, 0.29) is 5.91 Å². The lowest BCUT2D eigenvalue weighted by Crippen LogP contribution is -2.43. The molecule has 1 heterocycles. The van der Waals surface area contributed by atoms with Gasteiger partial charge in [0.25, 0.3) is 0 Å². The fourth-order valence-corrected chi connectivity index (χ4v) is 2.63. The van der Waals surface area contributed by atoms with Crippen LogP contribution < -0.4 is 5.32 Å². The third kappa shape index (κ3) is 4.51. The normalized spacial score (nSPS) is 17.4. The second-order valence-corrected chi connectivity index (χ2v) is 5.64. The average Bonchev–Trinajstić information content (AvgIpc) is 2.40. The number of likely N-dealkylation sites (tertiary alicyclic amines) is 1. The lowest BCUT2D eigenvalue weighted by molar-refractivity contribution is -0.122. The summed E-state index contributed by atoms with van der Waals surface area (Å²) < 4.78 is 0. The highest BCUT2D eigenvalue weighted by atomic mass is 35.5. The van der Waals surface area contributed by atoms with E-state index in [0.29, 0.717) is 18.9 Å². The van der Waals surface area contributed by atoms with Crippen LogP contribution in [0.1, 0.15) is 24.8 Å². The molecule has 1 amide bonds. The van der Waals surface area contributed by atoms with Crippen molar-refractivity contribution in [3.63, 3.8) is 0 Å². The first kappa shape index (κ1) is 14.4. The van der Waals surface area contributed by atoms with Crippen LogP contribution in [0.25, 0.3) is 0 Å². The summed E-state index contributed by atoms with van der Waals surface area (Å²) in [7, 11) is 2.12. The molecule has 1 fully saturated rings. The van der Waals surface area contributed by atoms with Gasteiger partial charge in [0.2, 0.25) is 5.91 Å². The Labute approximate surface area is 119 Å². The number of rotatable bonds is 4. The Hall–Kier alpha value is -1.06. The molecule has 104 valence electrons. The van der Waals surface area contributed by atoms with Crippen molar-refractivity contribution < 1.29 is 4.79 Å². The standard InChI is InChI=1S/C15H21ClN2O/c1-18-10-8-13(9-11-18)17-15(19)7-6-12-4-2-3-5-14(12)16/h2-5,13H,6-11H2,1H3,(H,17,19). The van der Waals surface area contributed by atoms with Crippen molar-refractivity contribution in [2.45, 2.75) is 31.7 Å². The summed E-state index contributed by atoms with van der Waals surface area (Å²) in [5.74, 6) is 0.134. The van der Waals surface area contributed by atoms with Crippen molar-refractivity contribution in [1.29, 1.82) is 0 Å². The Kier molecular flexibility index (Phi) is 5.23. The van der Waals surface area contributed by atoms with Gasteiger partial charge in [-0.05, 0) is 51.0 Å². The van der Waals surface area contributed by atoms with E-state index in [1.54, 1.807) is 0 Å². The zero-order chi connectivity index (χ0) is 13.7. The second-order valence-electron chi connectivity index (χ2n) is 5.24. The van der Waals surface area contributed by atoms with Crippen LogP contribution in [0.15, 0.2) is 24.3 Å². The molecule has 0 bridgehead atoms. The maximum absolute atomic E-state index is 11.9. The molecule has 0 aromatic heterocycles. The summed E-state index contributed by atoms with van der Waals surface area (Å²) in [5.41, 5.74) is 1.04. The Morgan fingerprint density at radius 2 is 2.05 bits per heavy atom. The first-order chi connectivity index (χ1) is 9.15. The van der Waals surface area contributed by atoms with Gasteiger partial charge in [0.1, 0.15) is 0 Å². The van der Waals surface area contributed by atoms with Gasteiger partial charge >= 0.3 is 0 Å². The highest BCUT2D eigenvalue weighted by Crippen LogP contribution is 2.16. The smallest absolute Gasteiger partial charge is 0.220 e. The van der Waals surface area contributed by atoms with E-state index in [1.807, 2.05) is 24.3 Å². The summed E-state index contributed by atoms with van der Waals surface area (Å²) in [6.45, 7) is 2.13. The van der Waals surface area contributed by atoms with Crippen molar-refractivity contribution in [3.05, 3.63) is 34.9 Å². The minimum absolute atomic E-state index is 0.134. The molecule has 0 saturated carbocycles. The maximum Gasteiger partial charge on any atom is 0.220 e. The van der Waals surface area contributed by atoms with Gasteiger partial charge in [-0.3, -0.25) is 4.79 Å². The quantitative estimate of drug-likeness (QED) is 0.919. The molecule has 0 unspecified atom stereocenters. The van der Waals surface area contributed by atoms with E-state index in [1.165, 1.54) is 0 Å². The highest BCUT2D eigenvalue weighted by molar-refractivity contribution is 6.31. The summed E-state index contributed by atoms with van der Waals surface area (Å²) in [4.78, 5) is 14.2. The minimum atomic E-state index is 0.134. The molecule has 0 spiro atoms. The zero-order valence-electron chi connectivity index (χ0n) is 11.4. The molecule has 1 aliphatic rings. The summed E-state index contributed by atoms with van der Waals surface area (Å²) in [6.07, 6.45) is 3.32. The maximum atomic E-state index is 11.9. The Morgan fingerprint density at radius 1 is 1.37 bits per heavy atom. The largest absolute Gasteiger partial charge is 0.353 e. The van der Waals surface area contributed by atoms with Gasteiger partial charge in [-0.25, -0.2) is 0 Å². The van der Waals surface area contributed by atoms with Gasteiger partial charge in [0.05, 0.1) is 0 Å². The number of hydrogen-bond donors (Lipinski definition) is 1.